The van der Waals surface area contributed by atoms with Crippen molar-refractivity contribution in [1.82, 2.24) is 29.9 Å². The molecule has 216 valence electrons. The molecule has 16 heteroatoms. The number of amides is 1. The molecule has 3 heterocycles. The van der Waals surface area contributed by atoms with Crippen molar-refractivity contribution in [2.45, 2.75) is 26.6 Å². The van der Waals surface area contributed by atoms with Gasteiger partial charge in [-0.1, -0.05) is 5.92 Å². The van der Waals surface area contributed by atoms with E-state index in [0.717, 1.165) is 10.6 Å². The fourth-order valence-corrected chi connectivity index (χ4v) is 3.95. The van der Waals surface area contributed by atoms with Crippen LogP contribution in [0.15, 0.2) is 23.0 Å². The average molecular weight is 576 g/mol. The molecular weight excluding hydrogens is 551 g/mol. The second-order valence-corrected chi connectivity index (χ2v) is 8.78. The summed E-state index contributed by atoms with van der Waals surface area (Å²) in [7, 11) is 1.37. The summed E-state index contributed by atoms with van der Waals surface area (Å²) in [5.74, 6) is 1.47. The first-order chi connectivity index (χ1) is 19.4. The maximum atomic E-state index is 13.5. The van der Waals surface area contributed by atoms with E-state index in [0.29, 0.717) is 32.1 Å². The molecule has 0 atom stereocenters. The lowest BCUT2D eigenvalue weighted by Crippen LogP contribution is -2.44. The van der Waals surface area contributed by atoms with Gasteiger partial charge in [0.15, 0.2) is 16.9 Å². The minimum absolute atomic E-state index is 0.0124. The second-order valence-electron chi connectivity index (χ2n) is 8.78. The van der Waals surface area contributed by atoms with Crippen LogP contribution >= 0.6 is 0 Å². The van der Waals surface area contributed by atoms with Crippen LogP contribution in [0.3, 0.4) is 0 Å². The molecule has 0 radical (unpaired) electrons. The van der Waals surface area contributed by atoms with E-state index < -0.39 is 35.0 Å². The van der Waals surface area contributed by atoms with Gasteiger partial charge in [-0.15, -0.1) is 5.92 Å². The van der Waals surface area contributed by atoms with Crippen molar-refractivity contribution in [3.05, 3.63) is 39.7 Å². The number of carbonyl (C=O) groups is 3. The first-order valence-electron chi connectivity index (χ1n) is 12.2. The van der Waals surface area contributed by atoms with Crippen molar-refractivity contribution in [2.24, 2.45) is 7.05 Å². The molecule has 1 aromatic carbocycles. The summed E-state index contributed by atoms with van der Waals surface area (Å²) in [6.07, 6.45) is -5.36. The Labute approximate surface area is 230 Å². The van der Waals surface area contributed by atoms with Crippen LogP contribution in [0.1, 0.15) is 34.6 Å². The highest BCUT2D eigenvalue weighted by molar-refractivity contribution is 6.01. The molecular formula is C25H24F3N7O6. The molecule has 1 amide bonds. The molecule has 1 aliphatic heterocycles. The summed E-state index contributed by atoms with van der Waals surface area (Å²) in [5.41, 5.74) is 0.608. The Morgan fingerprint density at radius 2 is 1.88 bits per heavy atom. The highest BCUT2D eigenvalue weighted by atomic mass is 19.4. The standard InChI is InChI=1S/C25H24F3N7O6/c1-4-5-10-35-18-19(30-23(35)34-11-8-29-9-12-34)31-24(33(3)21(18)38)40-17-7-6-15(14(2)36)13-16(17)20(37)32-41-22(39)25(26,27)28/h6-7,13,29H,8-12H2,1-3H3,(H,32,37). The van der Waals surface area contributed by atoms with Gasteiger partial charge in [-0.3, -0.25) is 23.5 Å². The number of nitrogens with one attached hydrogen (secondary N) is 2. The van der Waals surface area contributed by atoms with Gasteiger partial charge in [-0.25, -0.2) is 4.79 Å². The number of aromatic nitrogens is 4. The Morgan fingerprint density at radius 3 is 2.51 bits per heavy atom. The van der Waals surface area contributed by atoms with E-state index in [1.807, 2.05) is 4.90 Å². The Bertz CT molecular complexity index is 1650. The van der Waals surface area contributed by atoms with Gasteiger partial charge in [0.05, 0.1) is 12.1 Å². The molecule has 3 aromatic rings. The van der Waals surface area contributed by atoms with E-state index in [4.69, 9.17) is 4.74 Å². The van der Waals surface area contributed by atoms with E-state index in [1.54, 1.807) is 11.5 Å². The molecule has 0 aliphatic carbocycles. The zero-order valence-corrected chi connectivity index (χ0v) is 22.1. The Hall–Kier alpha value is -4.91. The summed E-state index contributed by atoms with van der Waals surface area (Å²) >= 11 is 0. The number of rotatable bonds is 6. The van der Waals surface area contributed by atoms with Crippen molar-refractivity contribution in [1.29, 1.82) is 0 Å². The van der Waals surface area contributed by atoms with Gasteiger partial charge in [0.1, 0.15) is 5.75 Å². The SMILES string of the molecule is CC#CCn1c(N2CCNCC2)nc2nc(Oc3ccc(C(C)=O)cc3C(=O)NOC(=O)C(F)(F)F)n(C)c(=O)c21. The third-order valence-electron chi connectivity index (χ3n) is 6.04. The molecule has 0 unspecified atom stereocenters. The summed E-state index contributed by atoms with van der Waals surface area (Å²) < 4.78 is 46.0. The third-order valence-corrected chi connectivity index (χ3v) is 6.04. The van der Waals surface area contributed by atoms with Crippen molar-refractivity contribution >= 4 is 34.8 Å². The molecule has 0 bridgehead atoms. The second kappa shape index (κ2) is 11.7. The van der Waals surface area contributed by atoms with E-state index >= 15 is 0 Å². The van der Waals surface area contributed by atoms with Gasteiger partial charge >= 0.3 is 18.2 Å². The number of imidazole rings is 1. The molecule has 1 fully saturated rings. The zero-order chi connectivity index (χ0) is 29.9. The largest absolute Gasteiger partial charge is 0.493 e. The number of hydrogen-bond acceptors (Lipinski definition) is 10. The third kappa shape index (κ3) is 6.14. The van der Waals surface area contributed by atoms with Crippen LogP contribution < -0.4 is 26.0 Å². The number of benzene rings is 1. The normalized spacial score (nSPS) is 13.4. The number of alkyl halides is 3. The number of ketones is 1. The van der Waals surface area contributed by atoms with Crippen LogP contribution in [0.2, 0.25) is 0 Å². The van der Waals surface area contributed by atoms with Gasteiger partial charge < -0.3 is 19.8 Å². The lowest BCUT2D eigenvalue weighted by molar-refractivity contribution is -0.204. The number of piperazine rings is 1. The average Bonchev–Trinajstić information content (AvgIpc) is 3.31. The van der Waals surface area contributed by atoms with Crippen LogP contribution in [-0.4, -0.2) is 69.1 Å². The molecule has 2 N–H and O–H groups in total. The minimum Gasteiger partial charge on any atom is -0.425 e. The predicted molar refractivity (Wildman–Crippen MR) is 137 cm³/mol. The number of hydrogen-bond donors (Lipinski definition) is 2. The summed E-state index contributed by atoms with van der Waals surface area (Å²) in [4.78, 5) is 63.8. The Balaban J connectivity index is 1.76. The first kappa shape index (κ1) is 29.1. The van der Waals surface area contributed by atoms with E-state index in [1.165, 1.54) is 31.6 Å². The number of halogens is 3. The number of hydroxylamine groups is 1. The van der Waals surface area contributed by atoms with E-state index in [-0.39, 0.29) is 35.0 Å². The molecule has 2 aromatic heterocycles. The fourth-order valence-electron chi connectivity index (χ4n) is 3.95. The molecule has 1 saturated heterocycles. The van der Waals surface area contributed by atoms with Crippen molar-refractivity contribution in [3.63, 3.8) is 0 Å². The molecule has 13 nitrogen and oxygen atoms in total. The lowest BCUT2D eigenvalue weighted by Gasteiger charge is -2.28. The van der Waals surface area contributed by atoms with E-state index in [2.05, 4.69) is 32.0 Å². The van der Waals surface area contributed by atoms with Gasteiger partial charge in [0, 0.05) is 38.8 Å². The highest BCUT2D eigenvalue weighted by Gasteiger charge is 2.42. The molecule has 4 rings (SSSR count). The predicted octanol–water partition coefficient (Wildman–Crippen LogP) is 1.31. The number of ether oxygens (including phenoxy) is 1. The number of carbonyl (C=O) groups excluding carboxylic acids is 3. The highest BCUT2D eigenvalue weighted by Crippen LogP contribution is 2.27. The number of nitrogens with zero attached hydrogens (tertiary/aromatic N) is 5. The Kier molecular flexibility index (Phi) is 8.28. The van der Waals surface area contributed by atoms with Crippen LogP contribution in [0, 0.1) is 11.8 Å². The summed E-state index contributed by atoms with van der Waals surface area (Å²) in [6.45, 7) is 5.73. The van der Waals surface area contributed by atoms with E-state index in [9.17, 15) is 32.3 Å². The van der Waals surface area contributed by atoms with Gasteiger partial charge in [0.2, 0.25) is 5.95 Å². The quantitative estimate of drug-likeness (QED) is 0.250. The van der Waals surface area contributed by atoms with Gasteiger partial charge in [0.25, 0.3) is 11.5 Å². The van der Waals surface area contributed by atoms with Crippen molar-refractivity contribution in [2.75, 3.05) is 31.1 Å². The number of fused-ring (bicyclic) bond motifs is 1. The minimum atomic E-state index is -5.36. The van der Waals surface area contributed by atoms with Crippen molar-refractivity contribution < 1.29 is 37.1 Å². The van der Waals surface area contributed by atoms with Gasteiger partial charge in [-0.05, 0) is 32.0 Å². The maximum absolute atomic E-state index is 13.5. The molecule has 0 saturated carbocycles. The monoisotopic (exact) mass is 575 g/mol. The number of Topliss-reactive ketones (excluding diaryl/α,β-unsaturated/α-hetero) is 1. The fraction of sp³-hybridized carbons (Fsp3) is 0.360. The zero-order valence-electron chi connectivity index (χ0n) is 22.1. The van der Waals surface area contributed by atoms with Crippen LogP contribution in [-0.2, 0) is 23.2 Å². The van der Waals surface area contributed by atoms with Gasteiger partial charge in [-0.2, -0.15) is 28.6 Å². The van der Waals surface area contributed by atoms with Crippen LogP contribution in [0.25, 0.3) is 11.2 Å². The summed E-state index contributed by atoms with van der Waals surface area (Å²) in [6, 6.07) is 3.21. The molecule has 0 spiro atoms. The van der Waals surface area contributed by atoms with Crippen molar-refractivity contribution in [3.8, 4) is 23.6 Å². The van der Waals surface area contributed by atoms with Crippen LogP contribution in [0.4, 0.5) is 19.1 Å². The smallest absolute Gasteiger partial charge is 0.425 e. The molecule has 1 aliphatic rings. The molecule has 41 heavy (non-hydrogen) atoms. The van der Waals surface area contributed by atoms with Crippen LogP contribution in [0.5, 0.6) is 11.8 Å². The first-order valence-corrected chi connectivity index (χ1v) is 12.2. The number of anilines is 1. The lowest BCUT2D eigenvalue weighted by atomic mass is 10.1. The maximum Gasteiger partial charge on any atom is 0.493 e. The summed E-state index contributed by atoms with van der Waals surface area (Å²) in [5, 5.41) is 3.24. The Morgan fingerprint density at radius 1 is 1.17 bits per heavy atom. The topological polar surface area (TPSA) is 150 Å².